The maximum Gasteiger partial charge on any atom is 0.321 e. The lowest BCUT2D eigenvalue weighted by Gasteiger charge is -2.25. The molecule has 0 aromatic heterocycles. The van der Waals surface area contributed by atoms with Gasteiger partial charge in [0.05, 0.1) is 12.8 Å². The summed E-state index contributed by atoms with van der Waals surface area (Å²) in [6.45, 7) is 5.52. The topological polar surface area (TPSA) is 70.7 Å². The molecule has 0 bridgehead atoms. The molecule has 0 saturated heterocycles. The van der Waals surface area contributed by atoms with E-state index < -0.39 is 0 Å². The number of hydrogen-bond acceptors (Lipinski definition) is 3. The molecule has 1 aromatic carbocycles. The van der Waals surface area contributed by atoms with Gasteiger partial charge in [-0.2, -0.15) is 0 Å². The first-order valence-corrected chi connectivity index (χ1v) is 7.38. The summed E-state index contributed by atoms with van der Waals surface area (Å²) in [6.07, 6.45) is 1.97. The summed E-state index contributed by atoms with van der Waals surface area (Å²) in [4.78, 5) is 25.1. The van der Waals surface area contributed by atoms with E-state index in [1.165, 1.54) is 14.0 Å². The zero-order valence-electron chi connectivity index (χ0n) is 13.9. The normalized spacial score (nSPS) is 11.5. The largest absolute Gasteiger partial charge is 0.495 e. The Morgan fingerprint density at radius 3 is 2.55 bits per heavy atom. The van der Waals surface area contributed by atoms with Crippen LogP contribution in [0.3, 0.4) is 0 Å². The van der Waals surface area contributed by atoms with Gasteiger partial charge in [0.25, 0.3) is 0 Å². The third kappa shape index (κ3) is 4.95. The van der Waals surface area contributed by atoms with Crippen LogP contribution in [-0.2, 0) is 4.79 Å². The molecule has 22 heavy (non-hydrogen) atoms. The van der Waals surface area contributed by atoms with Crippen LogP contribution in [-0.4, -0.2) is 37.0 Å². The Hall–Kier alpha value is -2.24. The Balaban J connectivity index is 2.84. The average Bonchev–Trinajstić information content (AvgIpc) is 2.46. The highest BCUT2D eigenvalue weighted by molar-refractivity contribution is 5.94. The number of hydrogen-bond donors (Lipinski definition) is 2. The number of carbonyl (C=O) groups is 2. The third-order valence-corrected chi connectivity index (χ3v) is 3.45. The standard InChI is InChI=1S/C16H25N3O3/c1-6-7-11(2)19(4)16(21)18-13-8-9-15(22-5)14(10-13)17-12(3)20/h8-11H,6-7H2,1-5H3,(H,17,20)(H,18,21)/t11-/m0/s1. The monoisotopic (exact) mass is 307 g/mol. The molecule has 0 radical (unpaired) electrons. The number of nitrogens with one attached hydrogen (secondary N) is 2. The zero-order valence-corrected chi connectivity index (χ0v) is 13.9. The van der Waals surface area contributed by atoms with Gasteiger partial charge >= 0.3 is 6.03 Å². The number of ether oxygens (including phenoxy) is 1. The summed E-state index contributed by atoms with van der Waals surface area (Å²) in [6, 6.07) is 5.10. The molecule has 2 N–H and O–H groups in total. The highest BCUT2D eigenvalue weighted by atomic mass is 16.5. The molecule has 0 saturated carbocycles. The van der Waals surface area contributed by atoms with E-state index in [-0.39, 0.29) is 18.0 Å². The lowest BCUT2D eigenvalue weighted by Crippen LogP contribution is -2.38. The number of urea groups is 1. The van der Waals surface area contributed by atoms with Gasteiger partial charge in [0.1, 0.15) is 5.75 Å². The molecular weight excluding hydrogens is 282 g/mol. The minimum Gasteiger partial charge on any atom is -0.495 e. The third-order valence-electron chi connectivity index (χ3n) is 3.45. The first-order chi connectivity index (χ1) is 10.4. The summed E-state index contributed by atoms with van der Waals surface area (Å²) in [5.74, 6) is 0.344. The Kier molecular flexibility index (Phi) is 6.69. The van der Waals surface area contributed by atoms with Crippen LogP contribution in [0.4, 0.5) is 16.2 Å². The van der Waals surface area contributed by atoms with Crippen molar-refractivity contribution in [2.75, 3.05) is 24.8 Å². The Morgan fingerprint density at radius 2 is 2.00 bits per heavy atom. The second-order valence-corrected chi connectivity index (χ2v) is 5.28. The van der Waals surface area contributed by atoms with Gasteiger partial charge in [0.15, 0.2) is 0 Å². The molecule has 6 heteroatoms. The molecule has 0 aliphatic heterocycles. The van der Waals surface area contributed by atoms with Crippen molar-refractivity contribution in [3.05, 3.63) is 18.2 Å². The van der Waals surface area contributed by atoms with Crippen molar-refractivity contribution < 1.29 is 14.3 Å². The van der Waals surface area contributed by atoms with E-state index in [0.717, 1.165) is 12.8 Å². The predicted octanol–water partition coefficient (Wildman–Crippen LogP) is 3.31. The van der Waals surface area contributed by atoms with Crippen molar-refractivity contribution in [2.24, 2.45) is 0 Å². The van der Waals surface area contributed by atoms with Crippen molar-refractivity contribution in [3.63, 3.8) is 0 Å². The lowest BCUT2D eigenvalue weighted by atomic mass is 10.2. The van der Waals surface area contributed by atoms with Crippen LogP contribution in [0.1, 0.15) is 33.6 Å². The minimum absolute atomic E-state index is 0.165. The van der Waals surface area contributed by atoms with Crippen molar-refractivity contribution >= 4 is 23.3 Å². The van der Waals surface area contributed by atoms with Crippen molar-refractivity contribution in [1.82, 2.24) is 4.90 Å². The van der Waals surface area contributed by atoms with Gasteiger partial charge in [-0.25, -0.2) is 4.79 Å². The van der Waals surface area contributed by atoms with Gasteiger partial charge in [-0.3, -0.25) is 4.79 Å². The molecule has 1 aromatic rings. The highest BCUT2D eigenvalue weighted by Crippen LogP contribution is 2.28. The molecule has 0 spiro atoms. The maximum absolute atomic E-state index is 12.2. The second kappa shape index (κ2) is 8.26. The van der Waals surface area contributed by atoms with Crippen molar-refractivity contribution in [2.45, 2.75) is 39.7 Å². The summed E-state index contributed by atoms with van der Waals surface area (Å²) in [5.41, 5.74) is 1.13. The van der Waals surface area contributed by atoms with Gasteiger partial charge < -0.3 is 20.3 Å². The van der Waals surface area contributed by atoms with Crippen molar-refractivity contribution in [3.8, 4) is 5.75 Å². The van der Waals surface area contributed by atoms with Gasteiger partial charge in [0, 0.05) is 25.7 Å². The van der Waals surface area contributed by atoms with Crippen LogP contribution in [0.15, 0.2) is 18.2 Å². The van der Waals surface area contributed by atoms with E-state index >= 15 is 0 Å². The average molecular weight is 307 g/mol. The summed E-state index contributed by atoms with van der Waals surface area (Å²) >= 11 is 0. The van der Waals surface area contributed by atoms with E-state index in [4.69, 9.17) is 4.74 Å². The number of carbonyl (C=O) groups excluding carboxylic acids is 2. The lowest BCUT2D eigenvalue weighted by molar-refractivity contribution is -0.114. The number of rotatable bonds is 6. The van der Waals surface area contributed by atoms with Gasteiger partial charge in [-0.15, -0.1) is 0 Å². The quantitative estimate of drug-likeness (QED) is 0.847. The molecule has 1 rings (SSSR count). The van der Waals surface area contributed by atoms with Crippen LogP contribution in [0.2, 0.25) is 0 Å². The van der Waals surface area contributed by atoms with Crippen LogP contribution in [0, 0.1) is 0 Å². The van der Waals surface area contributed by atoms with Crippen LogP contribution >= 0.6 is 0 Å². The first-order valence-electron chi connectivity index (χ1n) is 7.38. The molecule has 0 heterocycles. The molecule has 0 aliphatic carbocycles. The number of anilines is 2. The number of methoxy groups -OCH3 is 1. The fourth-order valence-corrected chi connectivity index (χ4v) is 2.10. The minimum atomic E-state index is -0.199. The van der Waals surface area contributed by atoms with Crippen LogP contribution in [0.25, 0.3) is 0 Å². The van der Waals surface area contributed by atoms with Gasteiger partial charge in [-0.05, 0) is 31.5 Å². The number of amides is 3. The molecular formula is C16H25N3O3. The summed E-state index contributed by atoms with van der Waals surface area (Å²) in [7, 11) is 3.30. The molecule has 1 atom stereocenters. The zero-order chi connectivity index (χ0) is 16.7. The molecule has 6 nitrogen and oxygen atoms in total. The Bertz CT molecular complexity index is 531. The van der Waals surface area contributed by atoms with E-state index in [2.05, 4.69) is 17.6 Å². The molecule has 0 aliphatic rings. The van der Waals surface area contributed by atoms with E-state index in [1.807, 2.05) is 6.92 Å². The van der Waals surface area contributed by atoms with Crippen LogP contribution in [0.5, 0.6) is 5.75 Å². The number of nitrogens with zero attached hydrogens (tertiary/aromatic N) is 1. The van der Waals surface area contributed by atoms with E-state index in [0.29, 0.717) is 17.1 Å². The molecule has 0 unspecified atom stereocenters. The summed E-state index contributed by atoms with van der Waals surface area (Å²) in [5, 5.41) is 5.51. The van der Waals surface area contributed by atoms with Crippen LogP contribution < -0.4 is 15.4 Å². The van der Waals surface area contributed by atoms with E-state index in [1.54, 1.807) is 30.1 Å². The molecule has 3 amide bonds. The first kappa shape index (κ1) is 17.8. The van der Waals surface area contributed by atoms with E-state index in [9.17, 15) is 9.59 Å². The van der Waals surface area contributed by atoms with Gasteiger partial charge in [0.2, 0.25) is 5.91 Å². The van der Waals surface area contributed by atoms with Crippen molar-refractivity contribution in [1.29, 1.82) is 0 Å². The Labute approximate surface area is 131 Å². The second-order valence-electron chi connectivity index (χ2n) is 5.28. The fourth-order valence-electron chi connectivity index (χ4n) is 2.10. The SMILES string of the molecule is CCC[C@H](C)N(C)C(=O)Nc1ccc(OC)c(NC(C)=O)c1. The predicted molar refractivity (Wildman–Crippen MR) is 88.4 cm³/mol. The highest BCUT2D eigenvalue weighted by Gasteiger charge is 2.15. The number of benzene rings is 1. The smallest absolute Gasteiger partial charge is 0.321 e. The molecule has 0 fully saturated rings. The summed E-state index contributed by atoms with van der Waals surface area (Å²) < 4.78 is 5.19. The maximum atomic E-state index is 12.2. The fraction of sp³-hybridized carbons (Fsp3) is 0.500. The molecule has 122 valence electrons. The Morgan fingerprint density at radius 1 is 1.32 bits per heavy atom. The van der Waals surface area contributed by atoms with Gasteiger partial charge in [-0.1, -0.05) is 13.3 Å².